The molecule has 0 spiro atoms. The van der Waals surface area contributed by atoms with Gasteiger partial charge < -0.3 is 5.32 Å². The Labute approximate surface area is 135 Å². The van der Waals surface area contributed by atoms with Gasteiger partial charge in [0, 0.05) is 24.4 Å². The third-order valence-corrected chi connectivity index (χ3v) is 3.67. The van der Waals surface area contributed by atoms with Gasteiger partial charge in [-0.3, -0.25) is 4.98 Å². The third-order valence-electron chi connectivity index (χ3n) is 3.67. The minimum Gasteiger partial charge on any atom is -0.368 e. The van der Waals surface area contributed by atoms with Gasteiger partial charge in [-0.1, -0.05) is 19.9 Å². The standard InChI is InChI=1S/C15H15F3N6/c1-14(2,10-4-3-7-19-8-10)9-20-11-5-6-12-21-22-13(15(16,17)18)24(12)23-11/h3-8H,9H2,1-2H3,(H,20,23). The fraction of sp³-hybridized carbons (Fsp3) is 0.333. The lowest BCUT2D eigenvalue weighted by Crippen LogP contribution is -2.28. The molecule has 0 aliphatic heterocycles. The van der Waals surface area contributed by atoms with Gasteiger partial charge in [-0.15, -0.1) is 15.3 Å². The predicted molar refractivity (Wildman–Crippen MR) is 81.5 cm³/mol. The van der Waals surface area contributed by atoms with Crippen molar-refractivity contribution in [2.75, 3.05) is 11.9 Å². The first-order valence-corrected chi connectivity index (χ1v) is 7.21. The van der Waals surface area contributed by atoms with Crippen molar-refractivity contribution in [1.82, 2.24) is 24.8 Å². The SMILES string of the molecule is CC(C)(CNc1ccc2nnc(C(F)(F)F)n2n1)c1cccnc1. The molecule has 0 atom stereocenters. The monoisotopic (exact) mass is 336 g/mol. The zero-order chi connectivity index (χ0) is 17.4. The van der Waals surface area contributed by atoms with E-state index in [1.807, 2.05) is 26.0 Å². The van der Waals surface area contributed by atoms with Crippen molar-refractivity contribution in [2.24, 2.45) is 0 Å². The van der Waals surface area contributed by atoms with E-state index in [-0.39, 0.29) is 11.1 Å². The van der Waals surface area contributed by atoms with Crippen molar-refractivity contribution in [3.05, 3.63) is 48.0 Å². The van der Waals surface area contributed by atoms with E-state index < -0.39 is 12.0 Å². The van der Waals surface area contributed by atoms with Crippen LogP contribution < -0.4 is 5.32 Å². The highest BCUT2D eigenvalue weighted by atomic mass is 19.4. The number of rotatable bonds is 4. The van der Waals surface area contributed by atoms with Gasteiger partial charge in [0.1, 0.15) is 5.82 Å². The van der Waals surface area contributed by atoms with E-state index in [1.54, 1.807) is 18.5 Å². The van der Waals surface area contributed by atoms with Crippen LogP contribution in [0.4, 0.5) is 19.0 Å². The van der Waals surface area contributed by atoms with Crippen LogP contribution in [0.2, 0.25) is 0 Å². The molecule has 0 fully saturated rings. The van der Waals surface area contributed by atoms with E-state index in [0.29, 0.717) is 16.9 Å². The lowest BCUT2D eigenvalue weighted by atomic mass is 9.86. The van der Waals surface area contributed by atoms with Crippen molar-refractivity contribution in [3.63, 3.8) is 0 Å². The van der Waals surface area contributed by atoms with E-state index in [2.05, 4.69) is 25.6 Å². The quantitative estimate of drug-likeness (QED) is 0.793. The van der Waals surface area contributed by atoms with Gasteiger partial charge in [0.05, 0.1) is 0 Å². The molecule has 1 N–H and O–H groups in total. The van der Waals surface area contributed by atoms with Crippen LogP contribution in [0.15, 0.2) is 36.7 Å². The van der Waals surface area contributed by atoms with Crippen molar-refractivity contribution in [3.8, 4) is 0 Å². The highest BCUT2D eigenvalue weighted by molar-refractivity contribution is 5.44. The van der Waals surface area contributed by atoms with Crippen LogP contribution in [-0.4, -0.2) is 31.3 Å². The molecule has 0 unspecified atom stereocenters. The number of nitrogens with one attached hydrogen (secondary N) is 1. The fourth-order valence-electron chi connectivity index (χ4n) is 2.24. The summed E-state index contributed by atoms with van der Waals surface area (Å²) in [5.41, 5.74) is 0.781. The van der Waals surface area contributed by atoms with Crippen molar-refractivity contribution >= 4 is 11.5 Å². The van der Waals surface area contributed by atoms with Gasteiger partial charge in [0.2, 0.25) is 0 Å². The second-order valence-corrected chi connectivity index (χ2v) is 5.99. The second-order valence-electron chi connectivity index (χ2n) is 5.99. The van der Waals surface area contributed by atoms with E-state index >= 15 is 0 Å². The maximum Gasteiger partial charge on any atom is 0.453 e. The average molecular weight is 336 g/mol. The molecule has 3 heterocycles. The number of hydrogen-bond acceptors (Lipinski definition) is 5. The fourth-order valence-corrected chi connectivity index (χ4v) is 2.24. The molecule has 3 aromatic rings. The summed E-state index contributed by atoms with van der Waals surface area (Å²) in [5, 5.41) is 13.6. The number of nitrogens with zero attached hydrogens (tertiary/aromatic N) is 5. The van der Waals surface area contributed by atoms with Gasteiger partial charge in [0.15, 0.2) is 5.65 Å². The Morgan fingerprint density at radius 1 is 1.12 bits per heavy atom. The Morgan fingerprint density at radius 3 is 2.58 bits per heavy atom. The van der Waals surface area contributed by atoms with Crippen molar-refractivity contribution in [1.29, 1.82) is 0 Å². The number of fused-ring (bicyclic) bond motifs is 1. The molecule has 0 saturated carbocycles. The Bertz CT molecular complexity index is 841. The molecule has 0 aliphatic carbocycles. The first kappa shape index (κ1) is 16.2. The average Bonchev–Trinajstić information content (AvgIpc) is 2.97. The largest absolute Gasteiger partial charge is 0.453 e. The normalized spacial score (nSPS) is 12.5. The molecular formula is C15H15F3N6. The van der Waals surface area contributed by atoms with Gasteiger partial charge in [-0.25, -0.2) is 0 Å². The summed E-state index contributed by atoms with van der Waals surface area (Å²) in [6.45, 7) is 4.49. The number of pyridine rings is 1. The van der Waals surface area contributed by atoms with Gasteiger partial charge in [-0.2, -0.15) is 17.7 Å². The smallest absolute Gasteiger partial charge is 0.368 e. The maximum absolute atomic E-state index is 12.9. The zero-order valence-electron chi connectivity index (χ0n) is 13.0. The molecule has 126 valence electrons. The first-order valence-electron chi connectivity index (χ1n) is 7.21. The highest BCUT2D eigenvalue weighted by Gasteiger charge is 2.37. The second kappa shape index (κ2) is 5.73. The van der Waals surface area contributed by atoms with Gasteiger partial charge in [-0.05, 0) is 23.8 Å². The van der Waals surface area contributed by atoms with Crippen LogP contribution in [0.3, 0.4) is 0 Å². The molecule has 9 heteroatoms. The predicted octanol–water partition coefficient (Wildman–Crippen LogP) is 2.93. The molecule has 0 amide bonds. The summed E-state index contributed by atoms with van der Waals surface area (Å²) >= 11 is 0. The van der Waals surface area contributed by atoms with E-state index in [0.717, 1.165) is 5.56 Å². The molecular weight excluding hydrogens is 321 g/mol. The Hall–Kier alpha value is -2.71. The first-order chi connectivity index (χ1) is 11.3. The molecule has 3 aromatic heterocycles. The number of halogens is 3. The van der Waals surface area contributed by atoms with Crippen LogP contribution in [0, 0.1) is 0 Å². The minimum absolute atomic E-state index is 0.0411. The topological polar surface area (TPSA) is 68.0 Å². The van der Waals surface area contributed by atoms with Gasteiger partial charge >= 0.3 is 6.18 Å². The van der Waals surface area contributed by atoms with Crippen molar-refractivity contribution in [2.45, 2.75) is 25.4 Å². The Morgan fingerprint density at radius 2 is 1.92 bits per heavy atom. The Balaban J connectivity index is 1.83. The molecule has 0 radical (unpaired) electrons. The highest BCUT2D eigenvalue weighted by Crippen LogP contribution is 2.28. The number of anilines is 1. The van der Waals surface area contributed by atoms with Crippen LogP contribution in [0.5, 0.6) is 0 Å². The zero-order valence-corrected chi connectivity index (χ0v) is 13.0. The summed E-state index contributed by atoms with van der Waals surface area (Å²) in [7, 11) is 0. The molecule has 24 heavy (non-hydrogen) atoms. The maximum atomic E-state index is 12.9. The van der Waals surface area contributed by atoms with Crippen LogP contribution >= 0.6 is 0 Å². The molecule has 3 rings (SSSR count). The lowest BCUT2D eigenvalue weighted by molar-refractivity contribution is -0.146. The number of hydrogen-bond donors (Lipinski definition) is 1. The Kier molecular flexibility index (Phi) is 3.86. The molecule has 6 nitrogen and oxygen atoms in total. The summed E-state index contributed by atoms with van der Waals surface area (Å²) in [5.74, 6) is -0.836. The summed E-state index contributed by atoms with van der Waals surface area (Å²) < 4.78 is 39.4. The van der Waals surface area contributed by atoms with E-state index in [1.165, 1.54) is 6.07 Å². The molecule has 0 aliphatic rings. The van der Waals surface area contributed by atoms with Crippen LogP contribution in [0.25, 0.3) is 5.65 Å². The minimum atomic E-state index is -4.61. The van der Waals surface area contributed by atoms with Gasteiger partial charge in [0.25, 0.3) is 5.82 Å². The van der Waals surface area contributed by atoms with E-state index in [4.69, 9.17) is 0 Å². The van der Waals surface area contributed by atoms with Crippen LogP contribution in [-0.2, 0) is 11.6 Å². The number of alkyl halides is 3. The van der Waals surface area contributed by atoms with Crippen molar-refractivity contribution < 1.29 is 13.2 Å². The molecule has 0 bridgehead atoms. The van der Waals surface area contributed by atoms with Crippen LogP contribution in [0.1, 0.15) is 25.2 Å². The lowest BCUT2D eigenvalue weighted by Gasteiger charge is -2.25. The van der Waals surface area contributed by atoms with E-state index in [9.17, 15) is 13.2 Å². The summed E-state index contributed by atoms with van der Waals surface area (Å²) in [6, 6.07) is 6.80. The molecule has 0 aromatic carbocycles. The molecule has 0 saturated heterocycles. The summed E-state index contributed by atoms with van der Waals surface area (Å²) in [4.78, 5) is 4.09. The number of aromatic nitrogens is 5. The summed E-state index contributed by atoms with van der Waals surface area (Å²) in [6.07, 6.45) is -1.16. The third kappa shape index (κ3) is 3.15.